The van der Waals surface area contributed by atoms with Crippen LogP contribution in [0.3, 0.4) is 0 Å². The molecule has 6 nitrogen and oxygen atoms in total. The Balaban J connectivity index is 1.82. The van der Waals surface area contributed by atoms with Gasteiger partial charge in [0.15, 0.2) is 0 Å². The van der Waals surface area contributed by atoms with E-state index in [1.165, 1.54) is 0 Å². The molecule has 1 aliphatic heterocycles. The Morgan fingerprint density at radius 2 is 2.00 bits per heavy atom. The van der Waals surface area contributed by atoms with Gasteiger partial charge in [-0.25, -0.2) is 0 Å². The summed E-state index contributed by atoms with van der Waals surface area (Å²) in [7, 11) is 0. The monoisotopic (exact) mass is 378 g/mol. The number of hydrogen-bond acceptors (Lipinski definition) is 4. The average Bonchev–Trinajstić information content (AvgIpc) is 2.63. The van der Waals surface area contributed by atoms with Gasteiger partial charge in [-0.2, -0.15) is 0 Å². The molecule has 0 bridgehead atoms. The van der Waals surface area contributed by atoms with Gasteiger partial charge in [0, 0.05) is 43.4 Å². The van der Waals surface area contributed by atoms with Crippen LogP contribution in [0.2, 0.25) is 5.02 Å². The van der Waals surface area contributed by atoms with Crippen molar-refractivity contribution in [3.8, 4) is 0 Å². The van der Waals surface area contributed by atoms with Gasteiger partial charge in [-0.1, -0.05) is 23.7 Å². The molecule has 7 heteroatoms. The lowest BCUT2D eigenvalue weighted by atomic mass is 10.1. The van der Waals surface area contributed by atoms with E-state index in [0.717, 1.165) is 37.4 Å². The van der Waals surface area contributed by atoms with Crippen molar-refractivity contribution in [1.82, 2.24) is 15.1 Å². The normalized spacial score (nSPS) is 16.7. The molecule has 2 N–H and O–H groups in total. The van der Waals surface area contributed by atoms with Crippen LogP contribution >= 0.6 is 11.6 Å². The number of benzene rings is 1. The molecule has 1 atom stereocenters. The van der Waals surface area contributed by atoms with E-state index in [-0.39, 0.29) is 17.9 Å². The van der Waals surface area contributed by atoms with Gasteiger partial charge in [0.05, 0.1) is 12.6 Å². The fourth-order valence-corrected chi connectivity index (χ4v) is 3.06. The molecule has 1 heterocycles. The SMILES string of the molecule is C=CCNC(=O)CN1CCN([C@H](C)C(=O)Nc2cc(Cl)ccc2C)CC1. The van der Waals surface area contributed by atoms with Crippen LogP contribution in [0.15, 0.2) is 30.9 Å². The first-order chi connectivity index (χ1) is 12.4. The molecule has 26 heavy (non-hydrogen) atoms. The molecule has 142 valence electrons. The number of amides is 2. The highest BCUT2D eigenvalue weighted by atomic mass is 35.5. The highest BCUT2D eigenvalue weighted by Gasteiger charge is 2.26. The standard InChI is InChI=1S/C19H27ClN4O2/c1-4-7-21-18(25)13-23-8-10-24(11-9-23)15(3)19(26)22-17-12-16(20)6-5-14(17)2/h4-6,12,15H,1,7-11,13H2,2-3H3,(H,21,25)(H,22,26)/t15-/m1/s1. The van der Waals surface area contributed by atoms with Crippen LogP contribution in [0.5, 0.6) is 0 Å². The molecule has 1 fully saturated rings. The van der Waals surface area contributed by atoms with Gasteiger partial charge in [-0.15, -0.1) is 6.58 Å². The van der Waals surface area contributed by atoms with Crippen LogP contribution in [0.1, 0.15) is 12.5 Å². The van der Waals surface area contributed by atoms with Gasteiger partial charge < -0.3 is 10.6 Å². The molecule has 2 rings (SSSR count). The maximum Gasteiger partial charge on any atom is 0.241 e. The number of anilines is 1. The van der Waals surface area contributed by atoms with Crippen molar-refractivity contribution >= 4 is 29.1 Å². The van der Waals surface area contributed by atoms with Crippen molar-refractivity contribution in [1.29, 1.82) is 0 Å². The summed E-state index contributed by atoms with van der Waals surface area (Å²) in [5, 5.41) is 6.34. The van der Waals surface area contributed by atoms with Crippen LogP contribution in [0.4, 0.5) is 5.69 Å². The Morgan fingerprint density at radius 1 is 1.31 bits per heavy atom. The average molecular weight is 379 g/mol. The Kier molecular flexibility index (Phi) is 7.63. The summed E-state index contributed by atoms with van der Waals surface area (Å²) in [6.45, 7) is 11.3. The minimum absolute atomic E-state index is 0.000531. The van der Waals surface area contributed by atoms with Crippen molar-refractivity contribution in [3.05, 3.63) is 41.4 Å². The quantitative estimate of drug-likeness (QED) is 0.711. The molecule has 0 aromatic heterocycles. The lowest BCUT2D eigenvalue weighted by Gasteiger charge is -2.37. The van der Waals surface area contributed by atoms with Gasteiger partial charge in [0.2, 0.25) is 11.8 Å². The number of carbonyl (C=O) groups excluding carboxylic acids is 2. The van der Waals surface area contributed by atoms with Crippen molar-refractivity contribution in [2.24, 2.45) is 0 Å². The predicted octanol–water partition coefficient (Wildman–Crippen LogP) is 1.90. The second kappa shape index (κ2) is 9.71. The maximum absolute atomic E-state index is 12.6. The van der Waals surface area contributed by atoms with Crippen LogP contribution in [-0.4, -0.2) is 66.9 Å². The molecule has 1 aromatic rings. The third-order valence-corrected chi connectivity index (χ3v) is 4.84. The van der Waals surface area contributed by atoms with E-state index in [2.05, 4.69) is 27.0 Å². The van der Waals surface area contributed by atoms with Gasteiger partial charge >= 0.3 is 0 Å². The first-order valence-corrected chi connectivity index (χ1v) is 9.19. The van der Waals surface area contributed by atoms with Crippen LogP contribution in [0.25, 0.3) is 0 Å². The van der Waals surface area contributed by atoms with E-state index in [4.69, 9.17) is 11.6 Å². The zero-order chi connectivity index (χ0) is 19.1. The second-order valence-electron chi connectivity index (χ2n) is 6.53. The third kappa shape index (κ3) is 5.83. The van der Waals surface area contributed by atoms with Gasteiger partial charge in [0.1, 0.15) is 0 Å². The Bertz CT molecular complexity index is 657. The van der Waals surface area contributed by atoms with E-state index in [0.29, 0.717) is 18.1 Å². The summed E-state index contributed by atoms with van der Waals surface area (Å²) in [4.78, 5) is 28.6. The number of piperazine rings is 1. The van der Waals surface area contributed by atoms with E-state index in [9.17, 15) is 9.59 Å². The Hall–Kier alpha value is -1.89. The number of carbonyl (C=O) groups is 2. The molecule has 0 unspecified atom stereocenters. The predicted molar refractivity (Wildman–Crippen MR) is 106 cm³/mol. The Labute approximate surface area is 160 Å². The van der Waals surface area contributed by atoms with Crippen LogP contribution in [-0.2, 0) is 9.59 Å². The smallest absolute Gasteiger partial charge is 0.241 e. The van der Waals surface area contributed by atoms with Gasteiger partial charge in [-0.05, 0) is 31.5 Å². The van der Waals surface area contributed by atoms with Gasteiger partial charge in [-0.3, -0.25) is 19.4 Å². The summed E-state index contributed by atoms with van der Waals surface area (Å²) in [6.07, 6.45) is 1.66. The molecule has 1 aliphatic rings. The molecule has 0 radical (unpaired) electrons. The zero-order valence-corrected chi connectivity index (χ0v) is 16.2. The fraction of sp³-hybridized carbons (Fsp3) is 0.474. The minimum Gasteiger partial charge on any atom is -0.352 e. The molecular formula is C19H27ClN4O2. The lowest BCUT2D eigenvalue weighted by molar-refractivity contribution is -0.124. The van der Waals surface area contributed by atoms with Crippen molar-refractivity contribution in [2.75, 3.05) is 44.6 Å². The summed E-state index contributed by atoms with van der Waals surface area (Å²) in [6, 6.07) is 5.21. The number of halogens is 1. The lowest BCUT2D eigenvalue weighted by Crippen LogP contribution is -2.54. The van der Waals surface area contributed by atoms with E-state index < -0.39 is 0 Å². The van der Waals surface area contributed by atoms with E-state index >= 15 is 0 Å². The molecule has 2 amide bonds. The fourth-order valence-electron chi connectivity index (χ4n) is 2.89. The summed E-state index contributed by atoms with van der Waals surface area (Å²) in [5.74, 6) is -0.0480. The van der Waals surface area contributed by atoms with E-state index in [1.807, 2.05) is 19.9 Å². The number of nitrogens with zero attached hydrogens (tertiary/aromatic N) is 2. The van der Waals surface area contributed by atoms with Gasteiger partial charge in [0.25, 0.3) is 0 Å². The second-order valence-corrected chi connectivity index (χ2v) is 6.97. The molecule has 1 saturated heterocycles. The number of nitrogens with one attached hydrogen (secondary N) is 2. The highest BCUT2D eigenvalue weighted by Crippen LogP contribution is 2.20. The first kappa shape index (κ1) is 20.4. The molecule has 0 spiro atoms. The maximum atomic E-state index is 12.6. The Morgan fingerprint density at radius 3 is 2.65 bits per heavy atom. The molecule has 0 aliphatic carbocycles. The summed E-state index contributed by atoms with van der Waals surface area (Å²) < 4.78 is 0. The van der Waals surface area contributed by atoms with Crippen molar-refractivity contribution in [2.45, 2.75) is 19.9 Å². The number of aryl methyl sites for hydroxylation is 1. The van der Waals surface area contributed by atoms with Crippen molar-refractivity contribution in [3.63, 3.8) is 0 Å². The third-order valence-electron chi connectivity index (χ3n) is 4.60. The number of hydrogen-bond donors (Lipinski definition) is 2. The van der Waals surface area contributed by atoms with E-state index in [1.54, 1.807) is 18.2 Å². The molecule has 0 saturated carbocycles. The number of rotatable bonds is 7. The summed E-state index contributed by atoms with van der Waals surface area (Å²) >= 11 is 6.01. The van der Waals surface area contributed by atoms with Crippen LogP contribution < -0.4 is 10.6 Å². The summed E-state index contributed by atoms with van der Waals surface area (Å²) in [5.41, 5.74) is 1.72. The van der Waals surface area contributed by atoms with Crippen LogP contribution in [0, 0.1) is 6.92 Å². The largest absolute Gasteiger partial charge is 0.352 e. The first-order valence-electron chi connectivity index (χ1n) is 8.81. The highest BCUT2D eigenvalue weighted by molar-refractivity contribution is 6.31. The molecular weight excluding hydrogens is 352 g/mol. The van der Waals surface area contributed by atoms with Crippen molar-refractivity contribution < 1.29 is 9.59 Å². The topological polar surface area (TPSA) is 64.7 Å². The zero-order valence-electron chi connectivity index (χ0n) is 15.4. The minimum atomic E-state index is -0.245. The molecule has 1 aromatic carbocycles.